The molecule has 7 nitrogen and oxygen atoms in total. The Morgan fingerprint density at radius 1 is 1.18 bits per heavy atom. The van der Waals surface area contributed by atoms with E-state index >= 15 is 0 Å². The number of aromatic nitrogens is 2. The number of β-amino-alcohol motifs (C(OH)–C–C–N with tert-alkyl or cyclic N) is 1. The lowest BCUT2D eigenvalue weighted by atomic mass is 10.0. The van der Waals surface area contributed by atoms with Crippen molar-refractivity contribution in [1.82, 2.24) is 19.8 Å². The summed E-state index contributed by atoms with van der Waals surface area (Å²) in [5, 5.41) is 16.5. The fraction of sp³-hybridized carbons (Fsp3) is 0.417. The lowest BCUT2D eigenvalue weighted by Crippen LogP contribution is -2.37. The fourth-order valence-corrected chi connectivity index (χ4v) is 5.05. The van der Waals surface area contributed by atoms with Gasteiger partial charge in [-0.3, -0.25) is 9.69 Å². The minimum absolute atomic E-state index is 0.0288. The highest BCUT2D eigenvalue weighted by atomic mass is 19.1. The van der Waals surface area contributed by atoms with E-state index in [9.17, 15) is 13.6 Å². The normalized spacial score (nSPS) is 21.2. The topological polar surface area (TPSA) is 73.1 Å². The fourth-order valence-electron chi connectivity index (χ4n) is 5.05. The van der Waals surface area contributed by atoms with Crippen molar-refractivity contribution in [2.75, 3.05) is 37.7 Å². The number of nitrogens with zero attached hydrogens (tertiary/aromatic N) is 4. The third kappa shape index (κ3) is 4.30. The van der Waals surface area contributed by atoms with Crippen molar-refractivity contribution in [2.45, 2.75) is 31.3 Å². The van der Waals surface area contributed by atoms with Gasteiger partial charge >= 0.3 is 0 Å². The summed E-state index contributed by atoms with van der Waals surface area (Å²) in [5.41, 5.74) is 2.34. The first-order valence-electron chi connectivity index (χ1n) is 11.4. The number of hydrogen-bond donors (Lipinski definition) is 2. The summed E-state index contributed by atoms with van der Waals surface area (Å²) >= 11 is 0. The summed E-state index contributed by atoms with van der Waals surface area (Å²) in [6.45, 7) is 2.99. The number of aliphatic hydroxyl groups excluding tert-OH is 1. The van der Waals surface area contributed by atoms with Gasteiger partial charge in [-0.2, -0.15) is 5.10 Å². The number of fused-ring (bicyclic) bond motifs is 1. The molecule has 2 N–H and O–H groups in total. The van der Waals surface area contributed by atoms with Crippen LogP contribution in [0.15, 0.2) is 42.7 Å². The Bertz CT molecular complexity index is 1170. The van der Waals surface area contributed by atoms with Gasteiger partial charge in [-0.05, 0) is 49.6 Å². The lowest BCUT2D eigenvalue weighted by molar-refractivity contribution is 0.0939. The molecule has 0 radical (unpaired) electrons. The second-order valence-corrected chi connectivity index (χ2v) is 8.77. The maximum Gasteiger partial charge on any atom is 0.255 e. The smallest absolute Gasteiger partial charge is 0.255 e. The number of amides is 1. The van der Waals surface area contributed by atoms with Gasteiger partial charge < -0.3 is 15.3 Å². The van der Waals surface area contributed by atoms with Crippen molar-refractivity contribution in [1.29, 1.82) is 0 Å². The number of hydrogen-bond acceptors (Lipinski definition) is 5. The number of carbonyl (C=O) groups excluding carboxylic acids is 1. The summed E-state index contributed by atoms with van der Waals surface area (Å²) < 4.78 is 29.9. The van der Waals surface area contributed by atoms with Crippen molar-refractivity contribution in [3.63, 3.8) is 0 Å². The average Bonchev–Trinajstić information content (AvgIpc) is 3.54. The van der Waals surface area contributed by atoms with Crippen LogP contribution < -0.4 is 10.2 Å². The monoisotopic (exact) mass is 455 g/mol. The molecule has 3 aromatic rings. The van der Waals surface area contributed by atoms with E-state index in [1.807, 2.05) is 12.1 Å². The molecule has 2 aromatic heterocycles. The van der Waals surface area contributed by atoms with Crippen LogP contribution in [-0.2, 0) is 0 Å². The van der Waals surface area contributed by atoms with Gasteiger partial charge in [0.2, 0.25) is 0 Å². The molecule has 2 atom stereocenters. The predicted octanol–water partition coefficient (Wildman–Crippen LogP) is 2.75. The second-order valence-electron chi connectivity index (χ2n) is 8.77. The molecule has 0 bridgehead atoms. The first kappa shape index (κ1) is 21.8. The molecule has 2 aliphatic heterocycles. The van der Waals surface area contributed by atoms with Crippen LogP contribution in [0.1, 0.15) is 41.2 Å². The van der Waals surface area contributed by atoms with E-state index in [0.29, 0.717) is 29.7 Å². The largest absolute Gasteiger partial charge is 0.395 e. The van der Waals surface area contributed by atoms with Gasteiger partial charge in [0.05, 0.1) is 29.9 Å². The molecular formula is C24H27F2N5O2. The molecule has 1 amide bonds. The predicted molar refractivity (Wildman–Crippen MR) is 120 cm³/mol. The third-order valence-corrected chi connectivity index (χ3v) is 6.68. The van der Waals surface area contributed by atoms with E-state index in [1.54, 1.807) is 16.9 Å². The highest BCUT2D eigenvalue weighted by Gasteiger charge is 2.30. The number of anilines is 1. The van der Waals surface area contributed by atoms with Crippen LogP contribution in [0.4, 0.5) is 14.5 Å². The number of rotatable bonds is 6. The van der Waals surface area contributed by atoms with Crippen LogP contribution >= 0.6 is 0 Å². The molecule has 9 heteroatoms. The van der Waals surface area contributed by atoms with Crippen LogP contribution in [0, 0.1) is 11.6 Å². The highest BCUT2D eigenvalue weighted by Crippen LogP contribution is 2.38. The maximum atomic E-state index is 14.5. The van der Waals surface area contributed by atoms with Crippen molar-refractivity contribution < 1.29 is 18.7 Å². The molecule has 5 rings (SSSR count). The number of pyridine rings is 1. The first-order chi connectivity index (χ1) is 16.0. The van der Waals surface area contributed by atoms with E-state index in [0.717, 1.165) is 44.1 Å². The number of aliphatic hydroxyl groups is 1. The Labute approximate surface area is 190 Å². The summed E-state index contributed by atoms with van der Waals surface area (Å²) in [6.07, 6.45) is 5.78. The number of halogens is 2. The molecule has 4 heterocycles. The molecule has 2 fully saturated rings. The Balaban J connectivity index is 1.39. The van der Waals surface area contributed by atoms with Gasteiger partial charge in [0.1, 0.15) is 11.6 Å². The summed E-state index contributed by atoms with van der Waals surface area (Å²) in [4.78, 5) is 17.2. The van der Waals surface area contributed by atoms with Crippen molar-refractivity contribution in [2.24, 2.45) is 0 Å². The zero-order valence-corrected chi connectivity index (χ0v) is 18.3. The van der Waals surface area contributed by atoms with E-state index in [1.165, 1.54) is 12.1 Å². The zero-order valence-electron chi connectivity index (χ0n) is 18.3. The Morgan fingerprint density at radius 2 is 2.06 bits per heavy atom. The van der Waals surface area contributed by atoms with Crippen molar-refractivity contribution in [3.8, 4) is 0 Å². The number of carbonyl (C=O) groups is 1. The number of benzene rings is 1. The van der Waals surface area contributed by atoms with Gasteiger partial charge in [0.25, 0.3) is 5.91 Å². The molecule has 2 aliphatic rings. The summed E-state index contributed by atoms with van der Waals surface area (Å²) in [6, 6.07) is 7.13. The number of likely N-dealkylation sites (tertiary alicyclic amines) is 1. The molecular weight excluding hydrogens is 428 g/mol. The zero-order chi connectivity index (χ0) is 22.9. The van der Waals surface area contributed by atoms with Crippen LogP contribution in [0.2, 0.25) is 0 Å². The summed E-state index contributed by atoms with van der Waals surface area (Å²) in [5.74, 6) is -1.05. The van der Waals surface area contributed by atoms with E-state index in [-0.39, 0.29) is 24.6 Å². The lowest BCUT2D eigenvalue weighted by Gasteiger charge is -2.27. The Morgan fingerprint density at radius 3 is 2.91 bits per heavy atom. The average molecular weight is 456 g/mol. The second kappa shape index (κ2) is 9.07. The third-order valence-electron chi connectivity index (χ3n) is 6.68. The van der Waals surface area contributed by atoms with Crippen LogP contribution in [0.3, 0.4) is 0 Å². The minimum Gasteiger partial charge on any atom is -0.395 e. The van der Waals surface area contributed by atoms with E-state index in [4.69, 9.17) is 5.11 Å². The SMILES string of the molecule is O=C(NC1CCN(CCO)C1)c1cnn2ccc(N3CCC[C@@H]3c3cc(F)ccc3F)cc12. The molecule has 0 spiro atoms. The minimum atomic E-state index is -0.451. The highest BCUT2D eigenvalue weighted by molar-refractivity contribution is 6.01. The van der Waals surface area contributed by atoms with Gasteiger partial charge in [-0.15, -0.1) is 0 Å². The van der Waals surface area contributed by atoms with Crippen molar-refractivity contribution >= 4 is 17.1 Å². The van der Waals surface area contributed by atoms with Gasteiger partial charge in [-0.1, -0.05) is 0 Å². The first-order valence-corrected chi connectivity index (χ1v) is 11.4. The van der Waals surface area contributed by atoms with Crippen LogP contribution in [0.25, 0.3) is 5.52 Å². The van der Waals surface area contributed by atoms with E-state index in [2.05, 4.69) is 20.2 Å². The van der Waals surface area contributed by atoms with E-state index < -0.39 is 11.6 Å². The summed E-state index contributed by atoms with van der Waals surface area (Å²) in [7, 11) is 0. The van der Waals surface area contributed by atoms with Crippen LogP contribution in [0.5, 0.6) is 0 Å². The molecule has 1 aromatic carbocycles. The van der Waals surface area contributed by atoms with Crippen LogP contribution in [-0.4, -0.2) is 64.4 Å². The molecule has 0 aliphatic carbocycles. The Kier molecular flexibility index (Phi) is 5.99. The number of nitrogens with one attached hydrogen (secondary N) is 1. The molecule has 0 saturated carbocycles. The Hall–Kier alpha value is -3.04. The standard InChI is InChI=1S/C24H27F2N5O2/c25-16-3-4-21(26)19(12-16)22-2-1-7-30(22)18-6-9-31-23(13-18)20(14-27-31)24(33)28-17-5-8-29(15-17)10-11-32/h3-4,6,9,12-14,17,22,32H,1-2,5,7-8,10-11,15H2,(H,28,33)/t17?,22-/m1/s1. The molecule has 2 saturated heterocycles. The molecule has 174 valence electrons. The maximum absolute atomic E-state index is 14.5. The van der Waals surface area contributed by atoms with Crippen molar-refractivity contribution in [3.05, 3.63) is 65.5 Å². The van der Waals surface area contributed by atoms with Gasteiger partial charge in [-0.25, -0.2) is 13.3 Å². The van der Waals surface area contributed by atoms with Gasteiger partial charge in [0.15, 0.2) is 0 Å². The quantitative estimate of drug-likeness (QED) is 0.598. The molecule has 1 unspecified atom stereocenters. The molecule has 33 heavy (non-hydrogen) atoms. The van der Waals surface area contributed by atoms with Gasteiger partial charge in [0, 0.05) is 49.7 Å².